The van der Waals surface area contributed by atoms with Crippen molar-refractivity contribution in [3.05, 3.63) is 21.9 Å². The van der Waals surface area contributed by atoms with Crippen molar-refractivity contribution in [2.24, 2.45) is 11.7 Å². The van der Waals surface area contributed by atoms with Crippen LogP contribution in [0.25, 0.3) is 0 Å². The molecule has 0 saturated heterocycles. The quantitative estimate of drug-likeness (QED) is 0.794. The van der Waals surface area contributed by atoms with Gasteiger partial charge in [0.1, 0.15) is 6.04 Å². The average Bonchev–Trinajstić information content (AvgIpc) is 2.95. The van der Waals surface area contributed by atoms with Gasteiger partial charge in [0.15, 0.2) is 0 Å². The van der Waals surface area contributed by atoms with Gasteiger partial charge < -0.3 is 11.1 Å². The number of hydrogen-bond acceptors (Lipinski definition) is 3. The van der Waals surface area contributed by atoms with E-state index in [0.29, 0.717) is 0 Å². The molecule has 2 rings (SSSR count). The van der Waals surface area contributed by atoms with E-state index in [0.717, 1.165) is 23.8 Å². The summed E-state index contributed by atoms with van der Waals surface area (Å²) in [6.45, 7) is 3.03. The molecule has 0 radical (unpaired) electrons. The summed E-state index contributed by atoms with van der Waals surface area (Å²) in [5, 5.41) is 3.27. The second-order valence-corrected chi connectivity index (χ2v) is 5.54. The van der Waals surface area contributed by atoms with Gasteiger partial charge in [-0.1, -0.05) is 6.92 Å². The summed E-state index contributed by atoms with van der Waals surface area (Å²) in [4.78, 5) is 13.7. The highest BCUT2D eigenvalue weighted by Crippen LogP contribution is 2.29. The summed E-state index contributed by atoms with van der Waals surface area (Å²) >= 11 is 1.68. The molecule has 1 aromatic heterocycles. The molecule has 16 heavy (non-hydrogen) atoms. The van der Waals surface area contributed by atoms with Crippen LogP contribution >= 0.6 is 11.3 Å². The van der Waals surface area contributed by atoms with Crippen LogP contribution in [0.15, 0.2) is 12.1 Å². The Morgan fingerprint density at radius 2 is 2.38 bits per heavy atom. The Balaban J connectivity index is 2.01. The maximum Gasteiger partial charge on any atom is 0.239 e. The van der Waals surface area contributed by atoms with Crippen molar-refractivity contribution in [3.8, 4) is 0 Å². The van der Waals surface area contributed by atoms with Gasteiger partial charge in [-0.05, 0) is 43.9 Å². The van der Waals surface area contributed by atoms with Gasteiger partial charge in [0.2, 0.25) is 5.91 Å². The van der Waals surface area contributed by atoms with Crippen molar-refractivity contribution >= 4 is 17.2 Å². The number of nitrogens with one attached hydrogen (secondary N) is 1. The SMILES string of the molecule is CCc1ccc(C(NCC2CC2)C(N)=O)s1. The first kappa shape index (κ1) is 11.6. The molecular weight excluding hydrogens is 220 g/mol. The second-order valence-electron chi connectivity index (χ2n) is 4.34. The minimum atomic E-state index is -0.300. The van der Waals surface area contributed by atoms with Gasteiger partial charge in [-0.25, -0.2) is 0 Å². The Kier molecular flexibility index (Phi) is 3.61. The van der Waals surface area contributed by atoms with Crippen molar-refractivity contribution in [2.45, 2.75) is 32.2 Å². The van der Waals surface area contributed by atoms with E-state index in [1.807, 2.05) is 6.07 Å². The zero-order valence-corrected chi connectivity index (χ0v) is 10.3. The van der Waals surface area contributed by atoms with Gasteiger partial charge in [-0.15, -0.1) is 11.3 Å². The van der Waals surface area contributed by atoms with Crippen LogP contribution in [0.1, 0.15) is 35.6 Å². The number of primary amides is 1. The van der Waals surface area contributed by atoms with Crippen LogP contribution in [0, 0.1) is 5.92 Å². The predicted octanol–water partition coefficient (Wildman–Crippen LogP) is 1.84. The number of carbonyl (C=O) groups is 1. The first-order valence-electron chi connectivity index (χ1n) is 5.82. The molecule has 1 aliphatic rings. The van der Waals surface area contributed by atoms with Crippen molar-refractivity contribution in [2.75, 3.05) is 6.54 Å². The molecule has 0 aromatic carbocycles. The lowest BCUT2D eigenvalue weighted by Gasteiger charge is -2.13. The molecule has 1 aliphatic carbocycles. The molecule has 1 saturated carbocycles. The Morgan fingerprint density at radius 3 is 2.88 bits per heavy atom. The Morgan fingerprint density at radius 1 is 1.62 bits per heavy atom. The number of thiophene rings is 1. The predicted molar refractivity (Wildman–Crippen MR) is 66.4 cm³/mol. The number of nitrogens with two attached hydrogens (primary N) is 1. The zero-order valence-electron chi connectivity index (χ0n) is 9.53. The third-order valence-corrected chi connectivity index (χ3v) is 4.20. The largest absolute Gasteiger partial charge is 0.368 e. The lowest BCUT2D eigenvalue weighted by atomic mass is 10.2. The standard InChI is InChI=1S/C12H18N2OS/c1-2-9-5-6-10(16-9)11(12(13)15)14-7-8-3-4-8/h5-6,8,11,14H,2-4,7H2,1H3,(H2,13,15). The molecule has 1 atom stereocenters. The first-order valence-corrected chi connectivity index (χ1v) is 6.63. The van der Waals surface area contributed by atoms with E-state index >= 15 is 0 Å². The minimum Gasteiger partial charge on any atom is -0.368 e. The molecule has 0 spiro atoms. The van der Waals surface area contributed by atoms with Gasteiger partial charge in [0.25, 0.3) is 0 Å². The van der Waals surface area contributed by atoms with Crippen molar-refractivity contribution in [1.29, 1.82) is 0 Å². The van der Waals surface area contributed by atoms with Gasteiger partial charge in [0.05, 0.1) is 0 Å². The van der Waals surface area contributed by atoms with Crippen LogP contribution in [0.5, 0.6) is 0 Å². The summed E-state index contributed by atoms with van der Waals surface area (Å²) in [5.74, 6) is 0.484. The fourth-order valence-corrected chi connectivity index (χ4v) is 2.72. The molecule has 0 aliphatic heterocycles. The van der Waals surface area contributed by atoms with Crippen LogP contribution in [-0.4, -0.2) is 12.5 Å². The molecular formula is C12H18N2OS. The topological polar surface area (TPSA) is 55.1 Å². The third kappa shape index (κ3) is 2.83. The van der Waals surface area contributed by atoms with Gasteiger partial charge in [-0.2, -0.15) is 0 Å². The maximum atomic E-state index is 11.4. The summed E-state index contributed by atoms with van der Waals surface area (Å²) in [7, 11) is 0. The summed E-state index contributed by atoms with van der Waals surface area (Å²) in [6, 6.07) is 3.79. The lowest BCUT2D eigenvalue weighted by Crippen LogP contribution is -2.34. The van der Waals surface area contributed by atoms with Crippen LogP contribution in [0.4, 0.5) is 0 Å². The molecule has 3 nitrogen and oxygen atoms in total. The maximum absolute atomic E-state index is 11.4. The number of carbonyl (C=O) groups excluding carboxylic acids is 1. The highest BCUT2D eigenvalue weighted by molar-refractivity contribution is 7.12. The lowest BCUT2D eigenvalue weighted by molar-refractivity contribution is -0.120. The van der Waals surface area contributed by atoms with E-state index in [9.17, 15) is 4.79 Å². The molecule has 1 heterocycles. The fourth-order valence-electron chi connectivity index (χ4n) is 1.69. The minimum absolute atomic E-state index is 0.273. The van der Waals surface area contributed by atoms with E-state index in [4.69, 9.17) is 5.73 Å². The van der Waals surface area contributed by atoms with Crippen LogP contribution in [-0.2, 0) is 11.2 Å². The van der Waals surface area contributed by atoms with E-state index in [1.54, 1.807) is 11.3 Å². The average molecular weight is 238 g/mol. The summed E-state index contributed by atoms with van der Waals surface area (Å²) < 4.78 is 0. The smallest absolute Gasteiger partial charge is 0.239 e. The number of aryl methyl sites for hydroxylation is 1. The van der Waals surface area contributed by atoms with Gasteiger partial charge >= 0.3 is 0 Å². The van der Waals surface area contributed by atoms with Crippen molar-refractivity contribution in [1.82, 2.24) is 5.32 Å². The molecule has 1 amide bonds. The first-order chi connectivity index (χ1) is 7.70. The van der Waals surface area contributed by atoms with Gasteiger partial charge in [-0.3, -0.25) is 4.79 Å². The van der Waals surface area contributed by atoms with Gasteiger partial charge in [0, 0.05) is 9.75 Å². The normalized spacial score (nSPS) is 17.3. The third-order valence-electron chi connectivity index (χ3n) is 2.91. The summed E-state index contributed by atoms with van der Waals surface area (Å²) in [6.07, 6.45) is 3.57. The highest BCUT2D eigenvalue weighted by Gasteiger charge is 2.25. The molecule has 1 aromatic rings. The summed E-state index contributed by atoms with van der Waals surface area (Å²) in [5.41, 5.74) is 5.43. The van der Waals surface area contributed by atoms with Crippen LogP contribution in [0.2, 0.25) is 0 Å². The molecule has 1 fully saturated rings. The molecule has 4 heteroatoms. The monoisotopic (exact) mass is 238 g/mol. The molecule has 1 unspecified atom stereocenters. The highest BCUT2D eigenvalue weighted by atomic mass is 32.1. The second kappa shape index (κ2) is 4.97. The van der Waals surface area contributed by atoms with E-state index in [2.05, 4.69) is 18.3 Å². The molecule has 3 N–H and O–H groups in total. The fraction of sp³-hybridized carbons (Fsp3) is 0.583. The number of amides is 1. The zero-order chi connectivity index (χ0) is 11.5. The van der Waals surface area contributed by atoms with Crippen molar-refractivity contribution in [3.63, 3.8) is 0 Å². The van der Waals surface area contributed by atoms with Crippen LogP contribution in [0.3, 0.4) is 0 Å². The molecule has 0 bridgehead atoms. The number of rotatable bonds is 6. The Bertz CT molecular complexity index is 371. The Hall–Kier alpha value is -0.870. The number of hydrogen-bond donors (Lipinski definition) is 2. The van der Waals surface area contributed by atoms with E-state index in [1.165, 1.54) is 17.7 Å². The van der Waals surface area contributed by atoms with Crippen molar-refractivity contribution < 1.29 is 4.79 Å². The van der Waals surface area contributed by atoms with E-state index in [-0.39, 0.29) is 11.9 Å². The Labute approximate surface area is 100 Å². The molecule has 88 valence electrons. The van der Waals surface area contributed by atoms with Crippen LogP contribution < -0.4 is 11.1 Å². The van der Waals surface area contributed by atoms with E-state index < -0.39 is 0 Å².